The number of hydrogen-bond donors (Lipinski definition) is 1. The fourth-order valence-corrected chi connectivity index (χ4v) is 7.99. The number of hydrogen-bond acceptors (Lipinski definition) is 9. The van der Waals surface area contributed by atoms with Crippen molar-refractivity contribution in [2.24, 2.45) is 11.3 Å². The summed E-state index contributed by atoms with van der Waals surface area (Å²) in [4.78, 5) is 36.6. The molecule has 3 fully saturated rings. The van der Waals surface area contributed by atoms with Gasteiger partial charge in [-0.1, -0.05) is 30.3 Å². The number of aromatic nitrogens is 3. The van der Waals surface area contributed by atoms with Gasteiger partial charge in [0.15, 0.2) is 5.82 Å². The van der Waals surface area contributed by atoms with Crippen molar-refractivity contribution in [3.8, 4) is 11.6 Å². The van der Waals surface area contributed by atoms with Gasteiger partial charge >= 0.3 is 6.09 Å². The summed E-state index contributed by atoms with van der Waals surface area (Å²) < 4.78 is 26.0. The van der Waals surface area contributed by atoms with Crippen LogP contribution in [-0.2, 0) is 11.3 Å². The zero-order valence-electron chi connectivity index (χ0n) is 29.8. The first-order chi connectivity index (χ1) is 24.6. The Hall–Kier alpha value is -4.03. The third-order valence-corrected chi connectivity index (χ3v) is 11.0. The lowest BCUT2D eigenvalue weighted by atomic mass is 9.67. The molecular formula is C38H49ClFN7O4. The number of alkyl carbamates (subject to hydrolysis) is 1. The van der Waals surface area contributed by atoms with E-state index in [4.69, 9.17) is 21.1 Å². The summed E-state index contributed by atoms with van der Waals surface area (Å²) in [6, 6.07) is 13.7. The van der Waals surface area contributed by atoms with Crippen molar-refractivity contribution in [3.05, 3.63) is 70.8 Å². The maximum Gasteiger partial charge on any atom is 0.407 e. The number of nitrogens with one attached hydrogen (secondary N) is 1. The second-order valence-corrected chi connectivity index (χ2v) is 14.9. The van der Waals surface area contributed by atoms with Crippen molar-refractivity contribution in [1.82, 2.24) is 30.3 Å². The molecule has 1 spiro atoms. The molecule has 51 heavy (non-hydrogen) atoms. The number of likely N-dealkylation sites (tertiary alicyclic amines) is 1. The molecule has 0 unspecified atom stereocenters. The topological polar surface area (TPSA) is 113 Å². The Bertz CT molecular complexity index is 1650. The van der Waals surface area contributed by atoms with E-state index < -0.39 is 5.82 Å². The third kappa shape index (κ3) is 9.26. The fourth-order valence-electron chi connectivity index (χ4n) is 7.88. The third-order valence-electron chi connectivity index (χ3n) is 10.8. The van der Waals surface area contributed by atoms with Crippen LogP contribution in [0, 0.1) is 17.2 Å². The van der Waals surface area contributed by atoms with Crippen LogP contribution in [-0.4, -0.2) is 88.3 Å². The summed E-state index contributed by atoms with van der Waals surface area (Å²) in [6.07, 6.45) is 7.21. The standard InChI is InChI=1S/C38H49ClFN7O4/c1-4-47(26(2)3)35(48)31-22-29(40)10-11-32(31)51-34-33(42-36(39)44-43-34)46-19-14-28(24-46)23-45-20-17-38(18-21-45)15-12-30(13-16-38)41-37(49)50-25-27-8-6-5-7-9-27/h5-11,22,26,28,30H,4,12-21,23-25H2,1-3H3,(H,41,49)/t28-/m0/s1. The zero-order valence-corrected chi connectivity index (χ0v) is 30.6. The highest BCUT2D eigenvalue weighted by molar-refractivity contribution is 6.28. The van der Waals surface area contributed by atoms with E-state index in [0.29, 0.717) is 23.7 Å². The van der Waals surface area contributed by atoms with Gasteiger partial charge in [-0.25, -0.2) is 9.18 Å². The van der Waals surface area contributed by atoms with Gasteiger partial charge < -0.3 is 29.5 Å². The lowest BCUT2D eigenvalue weighted by Gasteiger charge is -2.46. The molecule has 1 N–H and O–H groups in total. The number of carbonyl (C=O) groups excluding carboxylic acids is 2. The average Bonchev–Trinajstić information content (AvgIpc) is 3.60. The molecule has 3 aliphatic rings. The Morgan fingerprint density at radius 3 is 2.49 bits per heavy atom. The van der Waals surface area contributed by atoms with Gasteiger partial charge in [-0.05, 0) is 126 Å². The molecule has 274 valence electrons. The molecule has 13 heteroatoms. The van der Waals surface area contributed by atoms with Crippen LogP contribution in [0.5, 0.6) is 11.6 Å². The summed E-state index contributed by atoms with van der Waals surface area (Å²) in [5, 5.41) is 11.2. The highest BCUT2D eigenvalue weighted by Crippen LogP contribution is 2.45. The Morgan fingerprint density at radius 1 is 1.04 bits per heavy atom. The molecular weight excluding hydrogens is 673 g/mol. The lowest BCUT2D eigenvalue weighted by molar-refractivity contribution is 0.0511. The van der Waals surface area contributed by atoms with Crippen molar-refractivity contribution in [1.29, 1.82) is 0 Å². The number of carbonyl (C=O) groups is 2. The van der Waals surface area contributed by atoms with Crippen molar-refractivity contribution in [2.75, 3.05) is 44.2 Å². The van der Waals surface area contributed by atoms with Gasteiger partial charge in [-0.3, -0.25) is 4.79 Å². The molecule has 1 aliphatic carbocycles. The van der Waals surface area contributed by atoms with Gasteiger partial charge in [0.25, 0.3) is 11.8 Å². The van der Waals surface area contributed by atoms with Crippen molar-refractivity contribution < 1.29 is 23.5 Å². The predicted octanol–water partition coefficient (Wildman–Crippen LogP) is 7.10. The van der Waals surface area contributed by atoms with Crippen molar-refractivity contribution in [3.63, 3.8) is 0 Å². The minimum absolute atomic E-state index is 0.00324. The molecule has 0 bridgehead atoms. The van der Waals surface area contributed by atoms with Gasteiger partial charge in [0.1, 0.15) is 18.2 Å². The molecule has 6 rings (SSSR count). The SMILES string of the molecule is CCN(C(=O)c1cc(F)ccc1Oc1nnc(Cl)nc1N1CC[C@@H](CN2CCC3(CCC(NC(=O)OCc4ccccc4)CC3)CC2)C1)C(C)C. The molecule has 11 nitrogen and oxygen atoms in total. The molecule has 2 amide bonds. The van der Waals surface area contributed by atoms with E-state index in [1.807, 2.05) is 51.1 Å². The van der Waals surface area contributed by atoms with Crippen LogP contribution in [0.4, 0.5) is 15.0 Å². The summed E-state index contributed by atoms with van der Waals surface area (Å²) in [5.41, 5.74) is 1.45. The molecule has 2 saturated heterocycles. The number of halogens is 2. The van der Waals surface area contributed by atoms with Gasteiger partial charge in [0.05, 0.1) is 5.56 Å². The van der Waals surface area contributed by atoms with E-state index in [9.17, 15) is 14.0 Å². The lowest BCUT2D eigenvalue weighted by Crippen LogP contribution is -2.46. The van der Waals surface area contributed by atoms with Crippen LogP contribution in [0.1, 0.15) is 81.6 Å². The summed E-state index contributed by atoms with van der Waals surface area (Å²) >= 11 is 6.22. The zero-order chi connectivity index (χ0) is 36.0. The van der Waals surface area contributed by atoms with Crippen LogP contribution in [0.3, 0.4) is 0 Å². The minimum atomic E-state index is -0.529. The fraction of sp³-hybridized carbons (Fsp3) is 0.553. The largest absolute Gasteiger partial charge is 0.445 e. The number of ether oxygens (including phenoxy) is 2. The monoisotopic (exact) mass is 721 g/mol. The van der Waals surface area contributed by atoms with Crippen LogP contribution in [0.25, 0.3) is 0 Å². The highest BCUT2D eigenvalue weighted by Gasteiger charge is 2.39. The minimum Gasteiger partial charge on any atom is -0.445 e. The molecule has 1 saturated carbocycles. The van der Waals surface area contributed by atoms with Gasteiger partial charge in [-0.2, -0.15) is 4.98 Å². The molecule has 3 heterocycles. The van der Waals surface area contributed by atoms with Crippen LogP contribution in [0.15, 0.2) is 48.5 Å². The first-order valence-electron chi connectivity index (χ1n) is 18.2. The Labute approximate surface area is 304 Å². The Kier molecular flexibility index (Phi) is 11.9. The second kappa shape index (κ2) is 16.5. The number of anilines is 1. The van der Waals surface area contributed by atoms with E-state index in [-0.39, 0.29) is 53.2 Å². The van der Waals surface area contributed by atoms with E-state index in [1.54, 1.807) is 4.90 Å². The molecule has 1 aromatic heterocycles. The Morgan fingerprint density at radius 2 is 1.78 bits per heavy atom. The van der Waals surface area contributed by atoms with Gasteiger partial charge in [0, 0.05) is 38.3 Å². The van der Waals surface area contributed by atoms with Crippen molar-refractivity contribution >= 4 is 29.4 Å². The van der Waals surface area contributed by atoms with E-state index in [2.05, 4.69) is 30.3 Å². The van der Waals surface area contributed by atoms with Crippen LogP contribution in [0.2, 0.25) is 5.28 Å². The number of benzene rings is 2. The highest BCUT2D eigenvalue weighted by atomic mass is 35.5. The van der Waals surface area contributed by atoms with E-state index in [0.717, 1.165) is 70.4 Å². The first-order valence-corrected chi connectivity index (χ1v) is 18.6. The molecule has 2 aromatic carbocycles. The average molecular weight is 722 g/mol. The van der Waals surface area contributed by atoms with Crippen LogP contribution >= 0.6 is 11.6 Å². The van der Waals surface area contributed by atoms with Crippen molar-refractivity contribution in [2.45, 2.75) is 84.4 Å². The van der Waals surface area contributed by atoms with Crippen LogP contribution < -0.4 is 15.0 Å². The second-order valence-electron chi connectivity index (χ2n) is 14.5. The predicted molar refractivity (Wildman–Crippen MR) is 194 cm³/mol. The normalized spacial score (nSPS) is 19.3. The maximum absolute atomic E-state index is 14.3. The smallest absolute Gasteiger partial charge is 0.407 e. The van der Waals surface area contributed by atoms with Gasteiger partial charge in [0.2, 0.25) is 5.28 Å². The number of nitrogens with zero attached hydrogens (tertiary/aromatic N) is 6. The summed E-state index contributed by atoms with van der Waals surface area (Å²) in [7, 11) is 0. The molecule has 2 aliphatic heterocycles. The summed E-state index contributed by atoms with van der Waals surface area (Å²) in [5.74, 6) is 0.345. The Balaban J connectivity index is 0.998. The maximum atomic E-state index is 14.3. The number of amides is 2. The van der Waals surface area contributed by atoms with E-state index >= 15 is 0 Å². The first kappa shape index (κ1) is 36.8. The molecule has 3 aromatic rings. The van der Waals surface area contributed by atoms with E-state index in [1.165, 1.54) is 31.0 Å². The number of piperidine rings is 1. The quantitative estimate of drug-likeness (QED) is 0.222. The molecule has 0 radical (unpaired) electrons. The summed E-state index contributed by atoms with van der Waals surface area (Å²) in [6.45, 7) is 11.1. The number of rotatable bonds is 11. The van der Waals surface area contributed by atoms with Gasteiger partial charge in [-0.15, -0.1) is 10.2 Å². The molecule has 1 atom stereocenters.